The summed E-state index contributed by atoms with van der Waals surface area (Å²) >= 11 is 0. The molecule has 0 spiro atoms. The highest BCUT2D eigenvalue weighted by atomic mass is 16.6. The van der Waals surface area contributed by atoms with Gasteiger partial charge in [0.2, 0.25) is 11.8 Å². The number of carbonyl (C=O) groups excluding carboxylic acids is 3. The molecule has 3 aromatic carbocycles. The van der Waals surface area contributed by atoms with Crippen LogP contribution in [0.1, 0.15) is 59.9 Å². The molecular formula is C37H45N3O7. The zero-order valence-electron chi connectivity index (χ0n) is 28.0. The number of nitrogens with one attached hydrogen (secondary N) is 2. The summed E-state index contributed by atoms with van der Waals surface area (Å²) in [7, 11) is 0. The molecule has 10 nitrogen and oxygen atoms in total. The van der Waals surface area contributed by atoms with E-state index in [-0.39, 0.29) is 26.0 Å². The highest BCUT2D eigenvalue weighted by Crippen LogP contribution is 2.45. The van der Waals surface area contributed by atoms with Gasteiger partial charge in [0.1, 0.15) is 23.2 Å². The van der Waals surface area contributed by atoms with Gasteiger partial charge in [0.25, 0.3) is 0 Å². The van der Waals surface area contributed by atoms with Crippen molar-refractivity contribution in [2.75, 3.05) is 6.54 Å². The monoisotopic (exact) mass is 643 g/mol. The molecule has 2 fully saturated rings. The fourth-order valence-corrected chi connectivity index (χ4v) is 6.43. The predicted octanol–water partition coefficient (Wildman–Crippen LogP) is 5.56. The number of alkyl carbamates (subject to hydrolysis) is 1. The van der Waals surface area contributed by atoms with Gasteiger partial charge in [0.05, 0.1) is 12.7 Å². The maximum atomic E-state index is 14.3. The van der Waals surface area contributed by atoms with E-state index in [1.54, 1.807) is 20.8 Å². The van der Waals surface area contributed by atoms with Crippen molar-refractivity contribution in [2.45, 2.75) is 90.3 Å². The number of hydrogen-bond donors (Lipinski definition) is 3. The molecule has 0 unspecified atom stereocenters. The molecule has 10 heteroatoms. The van der Waals surface area contributed by atoms with Gasteiger partial charge in [-0.15, -0.1) is 6.58 Å². The number of ether oxygens (including phenoxy) is 2. The number of hydrogen-bond acceptors (Lipinski definition) is 6. The van der Waals surface area contributed by atoms with Gasteiger partial charge < -0.3 is 30.1 Å². The SMILES string of the molecule is C=C[C@@H]1C[C@@]1(NC(=O)[C@@H]1C[C@@H](OCc2c3ccccc3cc3ccccc23)CN1C(=O)[C@@H](NC(=O)OC(C)(C)C)C(C)(C)C)C(=O)O. The van der Waals surface area contributed by atoms with E-state index in [2.05, 4.69) is 47.5 Å². The van der Waals surface area contributed by atoms with Crippen molar-refractivity contribution in [1.82, 2.24) is 15.5 Å². The number of likely N-dealkylation sites (tertiary alicyclic amines) is 1. The Morgan fingerprint density at radius 1 is 1.02 bits per heavy atom. The van der Waals surface area contributed by atoms with Gasteiger partial charge in [-0.25, -0.2) is 9.59 Å². The number of carbonyl (C=O) groups is 4. The van der Waals surface area contributed by atoms with Crippen molar-refractivity contribution in [3.05, 3.63) is 72.8 Å². The standard InChI is InChI=1S/C37H45N3O7/c1-8-24-19-37(24,33(43)44)39-31(41)29-18-25(20-40(29)32(42)30(35(2,3)4)38-34(45)47-36(5,6)7)46-21-28-26-15-11-9-13-22(26)17-23-14-10-12-16-27(23)28/h8-17,24-25,29-30H,1,18-21H2,2-7H3,(H,38,45)(H,39,41)(H,43,44)/t24-,25-,29+,30-,37+/m1/s1. The van der Waals surface area contributed by atoms with Crippen LogP contribution in [0.2, 0.25) is 0 Å². The second-order valence-corrected chi connectivity index (χ2v) is 14.7. The molecule has 1 saturated heterocycles. The Bertz CT molecular complexity index is 1670. The Hall–Kier alpha value is -4.44. The number of nitrogens with zero attached hydrogens (tertiary/aromatic N) is 1. The molecule has 5 rings (SSSR count). The molecule has 47 heavy (non-hydrogen) atoms. The van der Waals surface area contributed by atoms with Gasteiger partial charge in [-0.3, -0.25) is 9.59 Å². The van der Waals surface area contributed by atoms with E-state index in [9.17, 15) is 24.3 Å². The Morgan fingerprint density at radius 2 is 1.62 bits per heavy atom. The second kappa shape index (κ2) is 12.6. The van der Waals surface area contributed by atoms with Crippen LogP contribution >= 0.6 is 0 Å². The van der Waals surface area contributed by atoms with E-state index >= 15 is 0 Å². The molecule has 3 aromatic rings. The third kappa shape index (κ3) is 7.12. The Kier molecular flexibility index (Phi) is 9.12. The van der Waals surface area contributed by atoms with Crippen LogP contribution in [0.25, 0.3) is 21.5 Å². The first-order chi connectivity index (χ1) is 22.0. The average Bonchev–Trinajstić information content (AvgIpc) is 3.54. The van der Waals surface area contributed by atoms with E-state index in [1.165, 1.54) is 11.0 Å². The number of amides is 3. The van der Waals surface area contributed by atoms with Gasteiger partial charge in [-0.05, 0) is 65.8 Å². The quantitative estimate of drug-likeness (QED) is 0.205. The summed E-state index contributed by atoms with van der Waals surface area (Å²) in [6.45, 7) is 14.7. The first kappa shape index (κ1) is 33.9. The van der Waals surface area contributed by atoms with Crippen molar-refractivity contribution in [3.63, 3.8) is 0 Å². The summed E-state index contributed by atoms with van der Waals surface area (Å²) in [5.74, 6) is -2.64. The molecule has 0 aromatic heterocycles. The minimum atomic E-state index is -1.47. The summed E-state index contributed by atoms with van der Waals surface area (Å²) in [6, 6.07) is 16.2. The van der Waals surface area contributed by atoms with Crippen LogP contribution in [-0.2, 0) is 30.5 Å². The number of carboxylic acids is 1. The van der Waals surface area contributed by atoms with Gasteiger partial charge in [-0.1, -0.05) is 75.4 Å². The molecule has 1 aliphatic heterocycles. The predicted molar refractivity (Wildman–Crippen MR) is 180 cm³/mol. The number of fused-ring (bicyclic) bond motifs is 2. The molecular weight excluding hydrogens is 598 g/mol. The minimum absolute atomic E-state index is 0.0765. The third-order valence-electron chi connectivity index (χ3n) is 9.00. The van der Waals surface area contributed by atoms with Crippen LogP contribution in [0.3, 0.4) is 0 Å². The lowest BCUT2D eigenvalue weighted by atomic mass is 9.85. The summed E-state index contributed by atoms with van der Waals surface area (Å²) in [5.41, 5.74) is -2.00. The molecule has 5 atom stereocenters. The van der Waals surface area contributed by atoms with Crippen molar-refractivity contribution in [2.24, 2.45) is 11.3 Å². The molecule has 1 aliphatic carbocycles. The van der Waals surface area contributed by atoms with Crippen LogP contribution in [0, 0.1) is 11.3 Å². The first-order valence-electron chi connectivity index (χ1n) is 16.0. The Labute approximate surface area is 275 Å². The largest absolute Gasteiger partial charge is 0.479 e. The molecule has 0 radical (unpaired) electrons. The molecule has 2 aliphatic rings. The molecule has 1 saturated carbocycles. The van der Waals surface area contributed by atoms with Crippen LogP contribution in [0.5, 0.6) is 0 Å². The van der Waals surface area contributed by atoms with Crippen LogP contribution in [0.4, 0.5) is 4.79 Å². The van der Waals surface area contributed by atoms with Crippen molar-refractivity contribution in [1.29, 1.82) is 0 Å². The van der Waals surface area contributed by atoms with Gasteiger partial charge in [0.15, 0.2) is 0 Å². The van der Waals surface area contributed by atoms with E-state index in [1.807, 2.05) is 45.0 Å². The fraction of sp³-hybridized carbons (Fsp3) is 0.459. The first-order valence-corrected chi connectivity index (χ1v) is 16.0. The van der Waals surface area contributed by atoms with Crippen molar-refractivity contribution >= 4 is 45.4 Å². The Balaban J connectivity index is 1.44. The summed E-state index contributed by atoms with van der Waals surface area (Å²) in [5, 5.41) is 19.7. The maximum Gasteiger partial charge on any atom is 0.408 e. The lowest BCUT2D eigenvalue weighted by Gasteiger charge is -2.36. The topological polar surface area (TPSA) is 134 Å². The number of rotatable bonds is 9. The normalized spacial score (nSPS) is 23.3. The smallest absolute Gasteiger partial charge is 0.408 e. The second-order valence-electron chi connectivity index (χ2n) is 14.7. The lowest BCUT2D eigenvalue weighted by molar-refractivity contribution is -0.146. The number of benzene rings is 3. The molecule has 0 bridgehead atoms. The lowest BCUT2D eigenvalue weighted by Crippen LogP contribution is -2.59. The molecule has 250 valence electrons. The summed E-state index contributed by atoms with van der Waals surface area (Å²) in [6.07, 6.45) is 0.602. The van der Waals surface area contributed by atoms with Gasteiger partial charge in [-0.2, -0.15) is 0 Å². The zero-order valence-corrected chi connectivity index (χ0v) is 28.0. The van der Waals surface area contributed by atoms with Gasteiger partial charge in [0, 0.05) is 18.9 Å². The van der Waals surface area contributed by atoms with E-state index < -0.39 is 64.5 Å². The maximum absolute atomic E-state index is 14.3. The highest BCUT2D eigenvalue weighted by Gasteiger charge is 2.61. The average molecular weight is 644 g/mol. The zero-order chi connectivity index (χ0) is 34.3. The van der Waals surface area contributed by atoms with E-state index in [0.29, 0.717) is 0 Å². The van der Waals surface area contributed by atoms with Gasteiger partial charge >= 0.3 is 12.1 Å². The van der Waals surface area contributed by atoms with Crippen molar-refractivity contribution < 1.29 is 33.8 Å². The number of aliphatic carboxylic acids is 1. The highest BCUT2D eigenvalue weighted by molar-refractivity contribution is 6.02. The summed E-state index contributed by atoms with van der Waals surface area (Å²) < 4.78 is 12.0. The van der Waals surface area contributed by atoms with Crippen LogP contribution < -0.4 is 10.6 Å². The molecule has 1 heterocycles. The summed E-state index contributed by atoms with van der Waals surface area (Å²) in [4.78, 5) is 54.6. The fourth-order valence-electron chi connectivity index (χ4n) is 6.43. The van der Waals surface area contributed by atoms with E-state index in [4.69, 9.17) is 9.47 Å². The Morgan fingerprint density at radius 3 is 2.13 bits per heavy atom. The number of carboxylic acid groups (broad SMARTS) is 1. The third-order valence-corrected chi connectivity index (χ3v) is 9.00. The minimum Gasteiger partial charge on any atom is -0.479 e. The van der Waals surface area contributed by atoms with Crippen LogP contribution in [-0.4, -0.2) is 69.8 Å². The van der Waals surface area contributed by atoms with E-state index in [0.717, 1.165) is 27.1 Å². The van der Waals surface area contributed by atoms with Crippen molar-refractivity contribution in [3.8, 4) is 0 Å². The molecule has 3 amide bonds. The molecule has 3 N–H and O–H groups in total. The van der Waals surface area contributed by atoms with Crippen LogP contribution in [0.15, 0.2) is 67.3 Å².